The van der Waals surface area contributed by atoms with Crippen molar-refractivity contribution in [3.05, 3.63) is 0 Å². The number of thiocarbonyl (C=S) groups is 1. The van der Waals surface area contributed by atoms with Crippen LogP contribution in [0.4, 0.5) is 0 Å². The number of rotatable bonds is 5. The first-order valence-electron chi connectivity index (χ1n) is 5.86. The molecule has 1 aliphatic heterocycles. The molecule has 1 fully saturated rings. The number of hydrogen-bond acceptors (Lipinski definition) is 3. The summed E-state index contributed by atoms with van der Waals surface area (Å²) >= 11 is 4.95. The number of piperidine rings is 1. The number of nitrogens with zero attached hydrogens (tertiary/aromatic N) is 1. The molecule has 0 bridgehead atoms. The van der Waals surface area contributed by atoms with E-state index in [1.54, 1.807) is 0 Å². The quantitative estimate of drug-likeness (QED) is 0.695. The molecule has 4 nitrogen and oxygen atoms in total. The van der Waals surface area contributed by atoms with Gasteiger partial charge in [-0.15, -0.1) is 0 Å². The van der Waals surface area contributed by atoms with E-state index >= 15 is 0 Å². The van der Waals surface area contributed by atoms with Crippen LogP contribution in [0.3, 0.4) is 0 Å². The third-order valence-electron chi connectivity index (χ3n) is 3.28. The second kappa shape index (κ2) is 6.15. The van der Waals surface area contributed by atoms with Gasteiger partial charge in [0.1, 0.15) is 0 Å². The highest BCUT2D eigenvalue weighted by Gasteiger charge is 2.27. The molecule has 2 atom stereocenters. The van der Waals surface area contributed by atoms with Gasteiger partial charge in [0.25, 0.3) is 0 Å². The molecule has 1 amide bonds. The summed E-state index contributed by atoms with van der Waals surface area (Å²) in [5, 5.41) is 0. The Labute approximate surface area is 102 Å². The van der Waals surface area contributed by atoms with Gasteiger partial charge in [-0.2, -0.15) is 0 Å². The molecule has 0 spiro atoms. The minimum absolute atomic E-state index is 0.00542. The highest BCUT2D eigenvalue weighted by molar-refractivity contribution is 7.80. The predicted molar refractivity (Wildman–Crippen MR) is 69.0 cm³/mol. The molecule has 0 aromatic rings. The highest BCUT2D eigenvalue weighted by atomic mass is 32.1. The maximum Gasteiger partial charge on any atom is 0.221 e. The van der Waals surface area contributed by atoms with Gasteiger partial charge in [0, 0.05) is 19.0 Å². The van der Waals surface area contributed by atoms with Crippen LogP contribution in [0.15, 0.2) is 0 Å². The van der Waals surface area contributed by atoms with Gasteiger partial charge in [0.2, 0.25) is 5.91 Å². The standard InChI is InChI=1S/C11H21N3OS/c1-2-9(6-10(12)16)14-5-3-4-8(7-14)11(13)15/h8-9H,2-7H2,1H3,(H2,12,16)(H2,13,15). The van der Waals surface area contributed by atoms with Crippen LogP contribution in [-0.2, 0) is 4.79 Å². The lowest BCUT2D eigenvalue weighted by Gasteiger charge is -2.36. The van der Waals surface area contributed by atoms with E-state index in [1.165, 1.54) is 0 Å². The Kier molecular flexibility index (Phi) is 5.15. The first-order chi connectivity index (χ1) is 7.54. The Bertz CT molecular complexity index is 270. The predicted octanol–water partition coefficient (Wildman–Crippen LogP) is 0.638. The van der Waals surface area contributed by atoms with E-state index in [0.717, 1.165) is 38.8 Å². The summed E-state index contributed by atoms with van der Waals surface area (Å²) in [4.78, 5) is 14.0. The summed E-state index contributed by atoms with van der Waals surface area (Å²) in [6.07, 6.45) is 3.68. The van der Waals surface area contributed by atoms with Crippen molar-refractivity contribution in [2.75, 3.05) is 13.1 Å². The number of carbonyl (C=O) groups is 1. The van der Waals surface area contributed by atoms with Crippen molar-refractivity contribution in [2.45, 2.75) is 38.6 Å². The van der Waals surface area contributed by atoms with E-state index in [0.29, 0.717) is 11.0 Å². The van der Waals surface area contributed by atoms with Gasteiger partial charge < -0.3 is 11.5 Å². The molecule has 92 valence electrons. The lowest BCUT2D eigenvalue weighted by Crippen LogP contribution is -2.46. The van der Waals surface area contributed by atoms with E-state index in [1.807, 2.05) is 0 Å². The maximum atomic E-state index is 11.2. The molecule has 0 radical (unpaired) electrons. The van der Waals surface area contributed by atoms with Crippen molar-refractivity contribution in [3.8, 4) is 0 Å². The minimum Gasteiger partial charge on any atom is -0.393 e. The van der Waals surface area contributed by atoms with E-state index in [-0.39, 0.29) is 11.8 Å². The number of carbonyl (C=O) groups excluding carboxylic acids is 1. The second-order valence-corrected chi connectivity index (χ2v) is 4.99. The molecule has 1 heterocycles. The third kappa shape index (κ3) is 3.72. The lowest BCUT2D eigenvalue weighted by molar-refractivity contribution is -0.123. The van der Waals surface area contributed by atoms with Crippen LogP contribution in [0.25, 0.3) is 0 Å². The summed E-state index contributed by atoms with van der Waals surface area (Å²) < 4.78 is 0. The average Bonchev–Trinajstić information content (AvgIpc) is 2.25. The van der Waals surface area contributed by atoms with Gasteiger partial charge >= 0.3 is 0 Å². The molecule has 4 N–H and O–H groups in total. The molecule has 2 unspecified atom stereocenters. The van der Waals surface area contributed by atoms with Crippen molar-refractivity contribution in [3.63, 3.8) is 0 Å². The van der Waals surface area contributed by atoms with Gasteiger partial charge in [-0.05, 0) is 25.8 Å². The zero-order chi connectivity index (χ0) is 12.1. The van der Waals surface area contributed by atoms with Crippen LogP contribution in [0.1, 0.15) is 32.6 Å². The van der Waals surface area contributed by atoms with Crippen molar-refractivity contribution in [1.29, 1.82) is 0 Å². The normalized spacial score (nSPS) is 23.9. The Hall–Kier alpha value is -0.680. The average molecular weight is 243 g/mol. The van der Waals surface area contributed by atoms with Crippen LogP contribution in [0.5, 0.6) is 0 Å². The fourth-order valence-corrected chi connectivity index (χ4v) is 2.53. The molecule has 0 aromatic heterocycles. The fourth-order valence-electron chi connectivity index (χ4n) is 2.33. The van der Waals surface area contributed by atoms with Crippen LogP contribution in [0.2, 0.25) is 0 Å². The number of nitrogens with two attached hydrogens (primary N) is 2. The second-order valence-electron chi connectivity index (χ2n) is 4.47. The zero-order valence-electron chi connectivity index (χ0n) is 9.82. The van der Waals surface area contributed by atoms with E-state index in [4.69, 9.17) is 23.7 Å². The Balaban J connectivity index is 2.56. The number of primary amides is 1. The van der Waals surface area contributed by atoms with E-state index < -0.39 is 0 Å². The molecule has 1 rings (SSSR count). The first kappa shape index (κ1) is 13.4. The van der Waals surface area contributed by atoms with E-state index in [9.17, 15) is 4.79 Å². The largest absolute Gasteiger partial charge is 0.393 e. The molecule has 1 saturated heterocycles. The molecule has 1 aliphatic rings. The van der Waals surface area contributed by atoms with Gasteiger partial charge in [-0.1, -0.05) is 19.1 Å². The van der Waals surface area contributed by atoms with Crippen molar-refractivity contribution in [1.82, 2.24) is 4.90 Å². The fraction of sp³-hybridized carbons (Fsp3) is 0.818. The highest BCUT2D eigenvalue weighted by Crippen LogP contribution is 2.20. The summed E-state index contributed by atoms with van der Waals surface area (Å²) in [5.74, 6) is -0.191. The molecular formula is C11H21N3OS. The Morgan fingerprint density at radius 1 is 1.56 bits per heavy atom. The molecule has 0 aromatic carbocycles. The summed E-state index contributed by atoms with van der Waals surface area (Å²) in [5.41, 5.74) is 10.9. The van der Waals surface area contributed by atoms with Crippen LogP contribution in [0, 0.1) is 5.92 Å². The topological polar surface area (TPSA) is 72.3 Å². The van der Waals surface area contributed by atoms with Crippen molar-refractivity contribution >= 4 is 23.1 Å². The van der Waals surface area contributed by atoms with Crippen LogP contribution < -0.4 is 11.5 Å². The Morgan fingerprint density at radius 2 is 2.25 bits per heavy atom. The SMILES string of the molecule is CCC(CC(N)=S)N1CCCC(C(N)=O)C1. The van der Waals surface area contributed by atoms with Crippen LogP contribution >= 0.6 is 12.2 Å². The van der Waals surface area contributed by atoms with Gasteiger partial charge in [0.05, 0.1) is 10.9 Å². The molecule has 16 heavy (non-hydrogen) atoms. The van der Waals surface area contributed by atoms with Gasteiger partial charge in [-0.3, -0.25) is 9.69 Å². The number of hydrogen-bond donors (Lipinski definition) is 2. The van der Waals surface area contributed by atoms with Crippen molar-refractivity contribution in [2.24, 2.45) is 17.4 Å². The molecular weight excluding hydrogens is 222 g/mol. The first-order valence-corrected chi connectivity index (χ1v) is 6.27. The smallest absolute Gasteiger partial charge is 0.221 e. The van der Waals surface area contributed by atoms with Gasteiger partial charge in [-0.25, -0.2) is 0 Å². The number of amides is 1. The van der Waals surface area contributed by atoms with E-state index in [2.05, 4.69) is 11.8 Å². The minimum atomic E-state index is -0.185. The summed E-state index contributed by atoms with van der Waals surface area (Å²) in [6, 6.07) is 0.361. The zero-order valence-corrected chi connectivity index (χ0v) is 10.6. The molecule has 5 heteroatoms. The maximum absolute atomic E-state index is 11.2. The Morgan fingerprint density at radius 3 is 2.75 bits per heavy atom. The molecule has 0 saturated carbocycles. The molecule has 0 aliphatic carbocycles. The summed E-state index contributed by atoms with van der Waals surface area (Å²) in [6.45, 7) is 3.90. The van der Waals surface area contributed by atoms with Crippen molar-refractivity contribution < 1.29 is 4.79 Å². The van der Waals surface area contributed by atoms with Gasteiger partial charge in [0.15, 0.2) is 0 Å². The monoisotopic (exact) mass is 243 g/mol. The lowest BCUT2D eigenvalue weighted by atomic mass is 9.95. The van der Waals surface area contributed by atoms with Crippen LogP contribution in [-0.4, -0.2) is 34.9 Å². The third-order valence-corrected chi connectivity index (χ3v) is 3.45. The summed E-state index contributed by atoms with van der Waals surface area (Å²) in [7, 11) is 0. The number of likely N-dealkylation sites (tertiary alicyclic amines) is 1.